The summed E-state index contributed by atoms with van der Waals surface area (Å²) in [6.45, 7) is 1.64. The molecule has 0 saturated carbocycles. The highest BCUT2D eigenvalue weighted by Gasteiger charge is 2.19. The number of pyridine rings is 1. The molecular weight excluding hydrogens is 294 g/mol. The Morgan fingerprint density at radius 3 is 2.95 bits per heavy atom. The maximum absolute atomic E-state index is 10.9. The molecule has 108 valence electrons. The molecule has 0 unspecified atom stereocenters. The van der Waals surface area contributed by atoms with Gasteiger partial charge in [-0.05, 0) is 6.07 Å². The smallest absolute Gasteiger partial charge is 0.276 e. The fraction of sp³-hybridized carbons (Fsp3) is 0.214. The largest absolute Gasteiger partial charge is 0.491 e. The Bertz CT molecular complexity index is 693. The Morgan fingerprint density at radius 1 is 1.33 bits per heavy atom. The zero-order valence-corrected chi connectivity index (χ0v) is 11.8. The van der Waals surface area contributed by atoms with Crippen molar-refractivity contribution in [2.75, 3.05) is 18.1 Å². The lowest BCUT2D eigenvalue weighted by molar-refractivity contribution is -0.384. The minimum Gasteiger partial charge on any atom is -0.491 e. The lowest BCUT2D eigenvalue weighted by atomic mass is 10.2. The van der Waals surface area contributed by atoms with Crippen LogP contribution in [0.5, 0.6) is 5.75 Å². The summed E-state index contributed by atoms with van der Waals surface area (Å²) in [7, 11) is 0. The number of benzene rings is 1. The molecule has 2 heterocycles. The van der Waals surface area contributed by atoms with E-state index in [1.54, 1.807) is 0 Å². The Labute approximate surface area is 126 Å². The first-order valence-corrected chi connectivity index (χ1v) is 6.79. The van der Waals surface area contributed by atoms with Crippen LogP contribution in [0.25, 0.3) is 0 Å². The van der Waals surface area contributed by atoms with Crippen molar-refractivity contribution in [3.05, 3.63) is 57.2 Å². The first-order chi connectivity index (χ1) is 10.1. The van der Waals surface area contributed by atoms with E-state index in [1.807, 2.05) is 29.2 Å². The minimum absolute atomic E-state index is 0.0662. The Morgan fingerprint density at radius 2 is 2.14 bits per heavy atom. The molecule has 1 aliphatic rings. The van der Waals surface area contributed by atoms with Gasteiger partial charge >= 0.3 is 0 Å². The molecule has 21 heavy (non-hydrogen) atoms. The number of hydrogen-bond donors (Lipinski definition) is 0. The van der Waals surface area contributed by atoms with Gasteiger partial charge in [-0.1, -0.05) is 29.8 Å². The van der Waals surface area contributed by atoms with E-state index in [-0.39, 0.29) is 10.8 Å². The van der Waals surface area contributed by atoms with Crippen molar-refractivity contribution in [3.63, 3.8) is 0 Å². The number of rotatable bonds is 2. The highest BCUT2D eigenvalue weighted by Crippen LogP contribution is 2.28. The van der Waals surface area contributed by atoms with Crippen molar-refractivity contribution in [1.29, 1.82) is 0 Å². The Hall–Kier alpha value is -2.34. The van der Waals surface area contributed by atoms with Crippen molar-refractivity contribution < 1.29 is 9.66 Å². The van der Waals surface area contributed by atoms with Crippen LogP contribution >= 0.6 is 11.6 Å². The molecule has 3 rings (SSSR count). The van der Waals surface area contributed by atoms with E-state index in [1.165, 1.54) is 12.1 Å². The van der Waals surface area contributed by atoms with Crippen LogP contribution in [-0.4, -0.2) is 23.1 Å². The summed E-state index contributed by atoms with van der Waals surface area (Å²) in [4.78, 5) is 16.6. The van der Waals surface area contributed by atoms with E-state index in [4.69, 9.17) is 16.3 Å². The predicted molar refractivity (Wildman–Crippen MR) is 78.9 cm³/mol. The van der Waals surface area contributed by atoms with Crippen molar-refractivity contribution in [3.8, 4) is 5.75 Å². The maximum atomic E-state index is 10.9. The van der Waals surface area contributed by atoms with E-state index in [0.717, 1.165) is 11.3 Å². The predicted octanol–water partition coefficient (Wildman–Crippen LogP) is 3.04. The van der Waals surface area contributed by atoms with Crippen LogP contribution < -0.4 is 9.64 Å². The summed E-state index contributed by atoms with van der Waals surface area (Å²) in [6.07, 6.45) is 0. The molecule has 7 heteroatoms. The lowest BCUT2D eigenvalue weighted by Gasteiger charge is -2.20. The number of nitro groups is 1. The maximum Gasteiger partial charge on any atom is 0.276 e. The molecular formula is C14H12ClN3O3. The first-order valence-electron chi connectivity index (χ1n) is 6.41. The molecule has 2 aromatic rings. The third kappa shape index (κ3) is 2.90. The summed E-state index contributed by atoms with van der Waals surface area (Å²) in [6, 6.07) is 10.4. The third-order valence-electron chi connectivity index (χ3n) is 3.25. The molecule has 0 spiro atoms. The Kier molecular flexibility index (Phi) is 3.62. The molecule has 1 aromatic heterocycles. The molecule has 0 aliphatic carbocycles. The van der Waals surface area contributed by atoms with Crippen molar-refractivity contribution in [2.24, 2.45) is 0 Å². The molecule has 1 aromatic carbocycles. The van der Waals surface area contributed by atoms with Gasteiger partial charge in [-0.15, -0.1) is 0 Å². The average molecular weight is 306 g/mol. The number of hydrogen-bond acceptors (Lipinski definition) is 5. The number of fused-ring (bicyclic) bond motifs is 1. The number of halogens is 1. The van der Waals surface area contributed by atoms with Gasteiger partial charge in [0.1, 0.15) is 23.3 Å². The van der Waals surface area contributed by atoms with E-state index >= 15 is 0 Å². The second-order valence-electron chi connectivity index (χ2n) is 4.64. The van der Waals surface area contributed by atoms with Crippen LogP contribution in [0.1, 0.15) is 5.56 Å². The van der Waals surface area contributed by atoms with E-state index in [9.17, 15) is 10.1 Å². The van der Waals surface area contributed by atoms with E-state index < -0.39 is 4.92 Å². The quantitative estimate of drug-likeness (QED) is 0.484. The molecule has 0 fully saturated rings. The molecule has 0 atom stereocenters. The number of ether oxygens (including phenoxy) is 1. The molecule has 6 nitrogen and oxygen atoms in total. The highest BCUT2D eigenvalue weighted by molar-refractivity contribution is 6.29. The summed E-state index contributed by atoms with van der Waals surface area (Å²) >= 11 is 5.88. The van der Waals surface area contributed by atoms with Crippen LogP contribution in [0.15, 0.2) is 36.4 Å². The fourth-order valence-electron chi connectivity index (χ4n) is 2.26. The standard InChI is InChI=1S/C14H12ClN3O3/c15-13-7-11(18(19)20)8-14(16-13)17-5-6-21-12-4-2-1-3-10(12)9-17/h1-4,7-8H,5-6,9H2. The van der Waals surface area contributed by atoms with Crippen LogP contribution in [-0.2, 0) is 6.54 Å². The second-order valence-corrected chi connectivity index (χ2v) is 5.03. The number of anilines is 1. The number of nitrogens with zero attached hydrogens (tertiary/aromatic N) is 3. The molecule has 0 radical (unpaired) electrons. The number of para-hydroxylation sites is 1. The Balaban J connectivity index is 1.95. The molecule has 0 amide bonds. The third-order valence-corrected chi connectivity index (χ3v) is 3.45. The van der Waals surface area contributed by atoms with Gasteiger partial charge in [0.25, 0.3) is 5.69 Å². The van der Waals surface area contributed by atoms with Gasteiger partial charge in [0.15, 0.2) is 0 Å². The normalized spacial score (nSPS) is 14.0. The van der Waals surface area contributed by atoms with Gasteiger partial charge in [-0.3, -0.25) is 10.1 Å². The summed E-state index contributed by atoms with van der Waals surface area (Å²) in [5.41, 5.74) is 0.947. The first kappa shape index (κ1) is 13.6. The molecule has 0 N–H and O–H groups in total. The minimum atomic E-state index is -0.473. The monoisotopic (exact) mass is 305 g/mol. The molecule has 0 bridgehead atoms. The van der Waals surface area contributed by atoms with Crippen molar-refractivity contribution in [2.45, 2.75) is 6.54 Å². The summed E-state index contributed by atoms with van der Waals surface area (Å²) in [5.74, 6) is 1.31. The van der Waals surface area contributed by atoms with E-state index in [2.05, 4.69) is 4.98 Å². The fourth-order valence-corrected chi connectivity index (χ4v) is 2.46. The topological polar surface area (TPSA) is 68.5 Å². The molecule has 1 aliphatic heterocycles. The van der Waals surface area contributed by atoms with Gasteiger partial charge < -0.3 is 9.64 Å². The van der Waals surface area contributed by atoms with E-state index in [0.29, 0.717) is 25.5 Å². The van der Waals surface area contributed by atoms with Crippen LogP contribution in [0, 0.1) is 10.1 Å². The lowest BCUT2D eigenvalue weighted by Crippen LogP contribution is -2.26. The summed E-state index contributed by atoms with van der Waals surface area (Å²) < 4.78 is 5.67. The second kappa shape index (κ2) is 5.57. The SMILES string of the molecule is O=[N+]([O-])c1cc(Cl)nc(N2CCOc3ccccc3C2)c1. The van der Waals surface area contributed by atoms with Crippen LogP contribution in [0.4, 0.5) is 11.5 Å². The van der Waals surface area contributed by atoms with Gasteiger partial charge in [0.05, 0.1) is 23.6 Å². The summed E-state index contributed by atoms with van der Waals surface area (Å²) in [5, 5.41) is 11.0. The average Bonchev–Trinajstić information content (AvgIpc) is 2.68. The van der Waals surface area contributed by atoms with Crippen LogP contribution in [0.3, 0.4) is 0 Å². The molecule has 0 saturated heterocycles. The van der Waals surface area contributed by atoms with Crippen LogP contribution in [0.2, 0.25) is 5.15 Å². The van der Waals surface area contributed by atoms with Gasteiger partial charge in [-0.25, -0.2) is 4.98 Å². The van der Waals surface area contributed by atoms with Crippen molar-refractivity contribution in [1.82, 2.24) is 4.98 Å². The van der Waals surface area contributed by atoms with Gasteiger partial charge in [0.2, 0.25) is 0 Å². The van der Waals surface area contributed by atoms with Crippen molar-refractivity contribution >= 4 is 23.1 Å². The highest BCUT2D eigenvalue weighted by atomic mass is 35.5. The zero-order valence-electron chi connectivity index (χ0n) is 11.0. The van der Waals surface area contributed by atoms with Gasteiger partial charge in [0, 0.05) is 12.1 Å². The van der Waals surface area contributed by atoms with Gasteiger partial charge in [-0.2, -0.15) is 0 Å². The number of aromatic nitrogens is 1. The zero-order chi connectivity index (χ0) is 14.8.